The Labute approximate surface area is 170 Å². The van der Waals surface area contributed by atoms with Gasteiger partial charge in [0.05, 0.1) is 6.42 Å². The Morgan fingerprint density at radius 3 is 2.22 bits per heavy atom. The van der Waals surface area contributed by atoms with Crippen molar-refractivity contribution in [2.75, 3.05) is 0 Å². The molecule has 2 N–H and O–H groups in total. The molecule has 0 saturated carbocycles. The summed E-state index contributed by atoms with van der Waals surface area (Å²) >= 11 is 7.05. The number of allylic oxidation sites excluding steroid dienone is 4. The highest BCUT2D eigenvalue weighted by atomic mass is 35.5. The van der Waals surface area contributed by atoms with Gasteiger partial charge in [-0.25, -0.2) is 0 Å². The summed E-state index contributed by atoms with van der Waals surface area (Å²) in [6.45, 7) is 5.06. The van der Waals surface area contributed by atoms with Crippen LogP contribution in [0.5, 0.6) is 0 Å². The van der Waals surface area contributed by atoms with Gasteiger partial charge in [-0.2, -0.15) is 0 Å². The largest absolute Gasteiger partial charge is 0.512 e. The lowest BCUT2D eigenvalue weighted by atomic mass is 10.1. The zero-order chi connectivity index (χ0) is 21.0. The molecule has 1 aromatic rings. The molecule has 0 atom stereocenters. The summed E-state index contributed by atoms with van der Waals surface area (Å²) in [5, 5.41) is 19.2. The van der Waals surface area contributed by atoms with Gasteiger partial charge in [0, 0.05) is 16.3 Å². The molecule has 0 aliphatic rings. The van der Waals surface area contributed by atoms with Crippen molar-refractivity contribution in [2.24, 2.45) is 0 Å². The molecule has 146 valence electrons. The number of aliphatic hydroxyl groups excluding tert-OH is 1. The summed E-state index contributed by atoms with van der Waals surface area (Å²) in [6.07, 6.45) is 11.9. The van der Waals surface area contributed by atoms with Gasteiger partial charge in [0.2, 0.25) is 0 Å². The Hall–Kier alpha value is -2.16. The number of hydrogen-bond donors (Lipinski definition) is 2. The molecule has 0 spiro atoms. The fourth-order valence-electron chi connectivity index (χ4n) is 1.93. The zero-order valence-electron chi connectivity index (χ0n) is 15.7. The molecule has 0 heterocycles. The molecule has 27 heavy (non-hydrogen) atoms. The lowest BCUT2D eigenvalue weighted by Gasteiger charge is -2.18. The lowest BCUT2D eigenvalue weighted by molar-refractivity contribution is -0.138. The van der Waals surface area contributed by atoms with Crippen LogP contribution in [0.25, 0.3) is 0 Å². The average molecular weight is 409 g/mol. The first-order valence-corrected chi connectivity index (χ1v) is 9.41. The van der Waals surface area contributed by atoms with Crippen LogP contribution in [0, 0.1) is 12.8 Å². The highest BCUT2D eigenvalue weighted by Gasteiger charge is 2.28. The number of benzene rings is 1. The molecule has 1 aromatic carbocycles. The Morgan fingerprint density at radius 1 is 1.19 bits per heavy atom. The number of terminal acetylenes is 1. The van der Waals surface area contributed by atoms with E-state index in [2.05, 4.69) is 12.8 Å². The molecule has 0 bridgehead atoms. The highest BCUT2D eigenvalue weighted by molar-refractivity contribution is 8.01. The minimum Gasteiger partial charge on any atom is -0.512 e. The smallest absolute Gasteiger partial charge is 0.319 e. The Morgan fingerprint density at radius 2 is 1.74 bits per heavy atom. The van der Waals surface area contributed by atoms with Gasteiger partial charge in [-0.15, -0.1) is 24.6 Å². The number of aliphatic carboxylic acids is 1. The minimum atomic E-state index is -0.893. The third-order valence-corrected chi connectivity index (χ3v) is 4.98. The number of carboxylic acid groups (broad SMARTS) is 1. The van der Waals surface area contributed by atoms with Crippen molar-refractivity contribution in [3.05, 3.63) is 52.8 Å². The van der Waals surface area contributed by atoms with Gasteiger partial charge in [-0.05, 0) is 51.0 Å². The third-order valence-electron chi connectivity index (χ3n) is 3.46. The molecule has 6 heteroatoms. The van der Waals surface area contributed by atoms with Crippen LogP contribution in [0.4, 0.5) is 0 Å². The number of ketones is 1. The van der Waals surface area contributed by atoms with E-state index in [-0.39, 0.29) is 18.0 Å². The molecule has 1 rings (SSSR count). The predicted octanol–water partition coefficient (Wildman–Crippen LogP) is 5.37. The maximum atomic E-state index is 11.9. The Balaban J connectivity index is 0.00000326. The van der Waals surface area contributed by atoms with E-state index < -0.39 is 10.7 Å². The number of carbonyl (C=O) groups is 2. The van der Waals surface area contributed by atoms with E-state index in [9.17, 15) is 14.7 Å². The van der Waals surface area contributed by atoms with Crippen molar-refractivity contribution in [3.8, 4) is 12.8 Å². The second kappa shape index (κ2) is 12.3. The molecular formula is C21H25ClO4S. The SMILES string of the molecule is C#C.C/C=C(Cl)\C=C(\O)CC(=O)CCc1ccc(SC(C)(C)C(=O)O)cc1. The number of aliphatic hydroxyl groups is 1. The van der Waals surface area contributed by atoms with Crippen LogP contribution >= 0.6 is 23.4 Å². The van der Waals surface area contributed by atoms with Crippen molar-refractivity contribution in [1.29, 1.82) is 0 Å². The van der Waals surface area contributed by atoms with E-state index in [4.69, 9.17) is 16.7 Å². The molecule has 0 aliphatic carbocycles. The summed E-state index contributed by atoms with van der Waals surface area (Å²) in [5.74, 6) is -0.978. The molecule has 0 radical (unpaired) electrons. The van der Waals surface area contributed by atoms with Gasteiger partial charge in [-0.1, -0.05) is 29.8 Å². The van der Waals surface area contributed by atoms with Gasteiger partial charge in [0.1, 0.15) is 16.3 Å². The molecular weight excluding hydrogens is 384 g/mol. The van der Waals surface area contributed by atoms with Crippen LogP contribution in [0.1, 0.15) is 39.2 Å². The fourth-order valence-corrected chi connectivity index (χ4v) is 3.00. The van der Waals surface area contributed by atoms with Gasteiger partial charge in [-0.3, -0.25) is 9.59 Å². The standard InChI is InChI=1S/C19H23ClO4S.C2H2/c1-4-14(20)11-16(22)12-15(21)8-5-13-6-9-17(10-7-13)25-19(2,3)18(23)24;1-2/h4,6-7,9-11,22H,5,8,12H2,1-3H3,(H,23,24);1-2H/b14-4+,16-11+;. The van der Waals surface area contributed by atoms with E-state index in [1.807, 2.05) is 24.3 Å². The van der Waals surface area contributed by atoms with Crippen LogP contribution in [-0.2, 0) is 16.0 Å². The first-order chi connectivity index (χ1) is 12.6. The monoisotopic (exact) mass is 408 g/mol. The van der Waals surface area contributed by atoms with Crippen LogP contribution in [-0.4, -0.2) is 26.7 Å². The highest BCUT2D eigenvalue weighted by Crippen LogP contribution is 2.32. The predicted molar refractivity (Wildman–Crippen MR) is 112 cm³/mol. The normalized spacial score (nSPS) is 12.1. The van der Waals surface area contributed by atoms with Crippen LogP contribution < -0.4 is 0 Å². The quantitative estimate of drug-likeness (QED) is 0.249. The topological polar surface area (TPSA) is 74.6 Å². The summed E-state index contributed by atoms with van der Waals surface area (Å²) in [7, 11) is 0. The molecule has 0 amide bonds. The third kappa shape index (κ3) is 9.93. The molecule has 0 unspecified atom stereocenters. The summed E-state index contributed by atoms with van der Waals surface area (Å²) in [5.41, 5.74) is 0.987. The lowest BCUT2D eigenvalue weighted by Crippen LogP contribution is -2.26. The minimum absolute atomic E-state index is 0.0369. The van der Waals surface area contributed by atoms with Crippen molar-refractivity contribution in [3.63, 3.8) is 0 Å². The maximum Gasteiger partial charge on any atom is 0.319 e. The summed E-state index contributed by atoms with van der Waals surface area (Å²) in [6, 6.07) is 7.50. The van der Waals surface area contributed by atoms with Gasteiger partial charge >= 0.3 is 5.97 Å². The number of halogens is 1. The second-order valence-electron chi connectivity index (χ2n) is 6.09. The first kappa shape index (κ1) is 24.8. The first-order valence-electron chi connectivity index (χ1n) is 8.21. The molecule has 0 aromatic heterocycles. The van der Waals surface area contributed by atoms with Gasteiger partial charge in [0.15, 0.2) is 0 Å². The fraction of sp³-hybridized carbons (Fsp3) is 0.333. The maximum absolute atomic E-state index is 11.9. The van der Waals surface area contributed by atoms with E-state index in [1.165, 1.54) is 17.8 Å². The second-order valence-corrected chi connectivity index (χ2v) is 8.22. The number of rotatable bonds is 9. The average Bonchev–Trinajstić information content (AvgIpc) is 2.62. The zero-order valence-corrected chi connectivity index (χ0v) is 17.3. The van der Waals surface area contributed by atoms with Gasteiger partial charge < -0.3 is 10.2 Å². The van der Waals surface area contributed by atoms with E-state index >= 15 is 0 Å². The summed E-state index contributed by atoms with van der Waals surface area (Å²) < 4.78 is -0.893. The van der Waals surface area contributed by atoms with E-state index in [0.717, 1.165) is 10.5 Å². The number of thioether (sulfide) groups is 1. The molecule has 0 aliphatic heterocycles. The molecule has 0 saturated heterocycles. The molecule has 0 fully saturated rings. The van der Waals surface area contributed by atoms with Crippen molar-refractivity contribution in [2.45, 2.75) is 49.7 Å². The molecule has 4 nitrogen and oxygen atoms in total. The Bertz CT molecular complexity index is 715. The summed E-state index contributed by atoms with van der Waals surface area (Å²) in [4.78, 5) is 23.9. The van der Waals surface area contributed by atoms with E-state index in [0.29, 0.717) is 17.9 Å². The number of carboxylic acids is 1. The van der Waals surface area contributed by atoms with Crippen molar-refractivity contribution in [1.82, 2.24) is 0 Å². The number of Topliss-reactive ketones (excluding diaryl/α,β-unsaturated/α-hetero) is 1. The Kier molecular flexibility index (Phi) is 11.3. The van der Waals surface area contributed by atoms with Crippen LogP contribution in [0.2, 0.25) is 0 Å². The van der Waals surface area contributed by atoms with Crippen molar-refractivity contribution < 1.29 is 19.8 Å². The van der Waals surface area contributed by atoms with Crippen molar-refractivity contribution >= 4 is 35.1 Å². The van der Waals surface area contributed by atoms with E-state index in [1.54, 1.807) is 26.8 Å². The van der Waals surface area contributed by atoms with Crippen LogP contribution in [0.15, 0.2) is 52.1 Å². The number of carbonyl (C=O) groups excluding carboxylic acids is 1. The number of aryl methyl sites for hydroxylation is 1. The van der Waals surface area contributed by atoms with Gasteiger partial charge in [0.25, 0.3) is 0 Å². The van der Waals surface area contributed by atoms with Crippen LogP contribution in [0.3, 0.4) is 0 Å². The number of hydrogen-bond acceptors (Lipinski definition) is 4.